The van der Waals surface area contributed by atoms with E-state index in [2.05, 4.69) is 10.4 Å². The lowest BCUT2D eigenvalue weighted by molar-refractivity contribution is -0.00629. The first kappa shape index (κ1) is 13.2. The molecule has 0 saturated carbocycles. The van der Waals surface area contributed by atoms with Gasteiger partial charge in [0.15, 0.2) is 0 Å². The smallest absolute Gasteiger partial charge is 0.148 e. The van der Waals surface area contributed by atoms with E-state index in [-0.39, 0.29) is 5.60 Å². The van der Waals surface area contributed by atoms with Crippen LogP contribution in [0.3, 0.4) is 0 Å². The van der Waals surface area contributed by atoms with E-state index < -0.39 is 0 Å². The van der Waals surface area contributed by atoms with E-state index >= 15 is 0 Å². The van der Waals surface area contributed by atoms with Gasteiger partial charge in [-0.05, 0) is 13.8 Å². The number of hydrogen-bond donors (Lipinski definition) is 2. The molecule has 0 amide bonds. The molecular formula is C12H22N4O2. The van der Waals surface area contributed by atoms with Crippen LogP contribution in [0.2, 0.25) is 0 Å². The summed E-state index contributed by atoms with van der Waals surface area (Å²) in [4.78, 5) is 0. The van der Waals surface area contributed by atoms with Gasteiger partial charge < -0.3 is 20.5 Å². The van der Waals surface area contributed by atoms with Crippen LogP contribution in [0.25, 0.3) is 0 Å². The molecule has 1 aromatic rings. The number of aromatic nitrogens is 2. The molecule has 2 rings (SSSR count). The van der Waals surface area contributed by atoms with Gasteiger partial charge in [0.2, 0.25) is 0 Å². The largest absolute Gasteiger partial charge is 0.394 e. The summed E-state index contributed by atoms with van der Waals surface area (Å²) in [7, 11) is 1.72. The number of anilines is 2. The molecule has 0 bridgehead atoms. The van der Waals surface area contributed by atoms with Gasteiger partial charge in [-0.15, -0.1) is 0 Å². The summed E-state index contributed by atoms with van der Waals surface area (Å²) in [6.07, 6.45) is 0.898. The van der Waals surface area contributed by atoms with Crippen LogP contribution in [-0.4, -0.2) is 42.2 Å². The topological polar surface area (TPSA) is 74.3 Å². The zero-order chi connectivity index (χ0) is 13.2. The van der Waals surface area contributed by atoms with Gasteiger partial charge in [-0.2, -0.15) is 5.10 Å². The summed E-state index contributed by atoms with van der Waals surface area (Å²) >= 11 is 0. The van der Waals surface area contributed by atoms with Gasteiger partial charge in [0.05, 0.1) is 18.0 Å². The van der Waals surface area contributed by atoms with Gasteiger partial charge in [0.25, 0.3) is 0 Å². The van der Waals surface area contributed by atoms with Crippen LogP contribution >= 0.6 is 0 Å². The lowest BCUT2D eigenvalue weighted by Crippen LogP contribution is -2.40. The normalized spacial score (nSPS) is 23.5. The van der Waals surface area contributed by atoms with E-state index in [1.54, 1.807) is 7.11 Å². The van der Waals surface area contributed by atoms with Crippen molar-refractivity contribution in [1.82, 2.24) is 9.78 Å². The predicted molar refractivity (Wildman–Crippen MR) is 70.7 cm³/mol. The Labute approximate surface area is 107 Å². The van der Waals surface area contributed by atoms with Crippen LogP contribution in [-0.2, 0) is 16.0 Å². The van der Waals surface area contributed by atoms with Crippen LogP contribution in [0.5, 0.6) is 0 Å². The monoisotopic (exact) mass is 254 g/mol. The summed E-state index contributed by atoms with van der Waals surface area (Å²) in [6.45, 7) is 6.79. The van der Waals surface area contributed by atoms with Crippen molar-refractivity contribution in [3.63, 3.8) is 0 Å². The number of nitrogen functional groups attached to an aromatic ring is 1. The minimum atomic E-state index is -0.247. The van der Waals surface area contributed by atoms with E-state index in [1.807, 2.05) is 18.5 Å². The van der Waals surface area contributed by atoms with Crippen LogP contribution < -0.4 is 11.1 Å². The highest BCUT2D eigenvalue weighted by Crippen LogP contribution is 2.26. The van der Waals surface area contributed by atoms with Crippen molar-refractivity contribution in [3.8, 4) is 0 Å². The standard InChI is InChI=1S/C12H22N4O2/c1-4-16-11(10(13)9(2)15-16)14-7-12(17-3)5-6-18-8-12/h14H,4-8,13H2,1-3H3. The van der Waals surface area contributed by atoms with Gasteiger partial charge in [-0.3, -0.25) is 0 Å². The summed E-state index contributed by atoms with van der Waals surface area (Å²) in [5.41, 5.74) is 7.35. The number of hydrogen-bond acceptors (Lipinski definition) is 5. The maximum absolute atomic E-state index is 6.03. The maximum Gasteiger partial charge on any atom is 0.148 e. The quantitative estimate of drug-likeness (QED) is 0.820. The number of methoxy groups -OCH3 is 1. The summed E-state index contributed by atoms with van der Waals surface area (Å²) in [5, 5.41) is 7.74. The number of ether oxygens (including phenoxy) is 2. The van der Waals surface area contributed by atoms with E-state index in [0.29, 0.717) is 18.8 Å². The summed E-state index contributed by atoms with van der Waals surface area (Å²) < 4.78 is 12.9. The fourth-order valence-corrected chi connectivity index (χ4v) is 2.22. The third kappa shape index (κ3) is 2.30. The molecule has 18 heavy (non-hydrogen) atoms. The van der Waals surface area contributed by atoms with Crippen LogP contribution in [0.15, 0.2) is 0 Å². The fraction of sp³-hybridized carbons (Fsp3) is 0.750. The van der Waals surface area contributed by atoms with Gasteiger partial charge in [-0.1, -0.05) is 0 Å². The summed E-state index contributed by atoms with van der Waals surface area (Å²) in [6, 6.07) is 0. The molecule has 1 saturated heterocycles. The number of aryl methyl sites for hydroxylation is 2. The Kier molecular flexibility index (Phi) is 3.77. The van der Waals surface area contributed by atoms with Gasteiger partial charge in [0, 0.05) is 33.2 Å². The van der Waals surface area contributed by atoms with Crippen LogP contribution in [0.4, 0.5) is 11.5 Å². The molecule has 3 N–H and O–H groups in total. The predicted octanol–water partition coefficient (Wildman–Crippen LogP) is 1.01. The highest BCUT2D eigenvalue weighted by Gasteiger charge is 2.35. The number of rotatable bonds is 5. The second-order valence-electron chi connectivity index (χ2n) is 4.71. The van der Waals surface area contributed by atoms with Crippen molar-refractivity contribution < 1.29 is 9.47 Å². The Morgan fingerprint density at radius 3 is 2.94 bits per heavy atom. The van der Waals surface area contributed by atoms with Crippen LogP contribution in [0.1, 0.15) is 19.0 Å². The third-order valence-corrected chi connectivity index (χ3v) is 3.55. The molecule has 6 nitrogen and oxygen atoms in total. The molecule has 1 aromatic heterocycles. The molecule has 0 spiro atoms. The van der Waals surface area contributed by atoms with Gasteiger partial charge in [0.1, 0.15) is 11.4 Å². The van der Waals surface area contributed by atoms with E-state index in [1.165, 1.54) is 0 Å². The fourth-order valence-electron chi connectivity index (χ4n) is 2.22. The molecular weight excluding hydrogens is 232 g/mol. The number of nitrogens with two attached hydrogens (primary N) is 1. The Morgan fingerprint density at radius 1 is 1.61 bits per heavy atom. The molecule has 1 aliphatic rings. The van der Waals surface area contributed by atoms with E-state index in [0.717, 1.165) is 31.1 Å². The van der Waals surface area contributed by atoms with Gasteiger partial charge >= 0.3 is 0 Å². The first-order valence-electron chi connectivity index (χ1n) is 6.31. The Balaban J connectivity index is 2.09. The second-order valence-corrected chi connectivity index (χ2v) is 4.71. The van der Waals surface area contributed by atoms with E-state index in [4.69, 9.17) is 15.2 Å². The molecule has 0 radical (unpaired) electrons. The van der Waals surface area contributed by atoms with E-state index in [9.17, 15) is 0 Å². The lowest BCUT2D eigenvalue weighted by Gasteiger charge is -2.26. The maximum atomic E-state index is 6.03. The molecule has 1 atom stereocenters. The highest BCUT2D eigenvalue weighted by atomic mass is 16.5. The zero-order valence-electron chi connectivity index (χ0n) is 11.3. The molecule has 0 aromatic carbocycles. The average Bonchev–Trinajstić information content (AvgIpc) is 2.95. The second kappa shape index (κ2) is 5.16. The molecule has 2 heterocycles. The number of nitrogens with one attached hydrogen (secondary N) is 1. The molecule has 1 unspecified atom stereocenters. The first-order valence-corrected chi connectivity index (χ1v) is 6.31. The molecule has 0 aliphatic carbocycles. The zero-order valence-corrected chi connectivity index (χ0v) is 11.3. The highest BCUT2D eigenvalue weighted by molar-refractivity contribution is 5.64. The lowest BCUT2D eigenvalue weighted by atomic mass is 10.0. The van der Waals surface area contributed by atoms with Crippen molar-refractivity contribution >= 4 is 11.5 Å². The average molecular weight is 254 g/mol. The van der Waals surface area contributed by atoms with Crippen molar-refractivity contribution in [2.75, 3.05) is 37.9 Å². The minimum absolute atomic E-state index is 0.247. The SMILES string of the molecule is CCn1nc(C)c(N)c1NCC1(OC)CCOC1. The number of nitrogens with zero attached hydrogens (tertiary/aromatic N) is 2. The van der Waals surface area contributed by atoms with Gasteiger partial charge in [-0.25, -0.2) is 4.68 Å². The van der Waals surface area contributed by atoms with Crippen molar-refractivity contribution in [2.24, 2.45) is 0 Å². The Bertz CT molecular complexity index is 410. The summed E-state index contributed by atoms with van der Waals surface area (Å²) in [5.74, 6) is 0.873. The van der Waals surface area contributed by atoms with Crippen LogP contribution in [0, 0.1) is 6.92 Å². The first-order chi connectivity index (χ1) is 8.62. The third-order valence-electron chi connectivity index (χ3n) is 3.55. The molecule has 1 aliphatic heterocycles. The minimum Gasteiger partial charge on any atom is -0.394 e. The van der Waals surface area contributed by atoms with Crippen molar-refractivity contribution in [1.29, 1.82) is 0 Å². The van der Waals surface area contributed by atoms with Crippen molar-refractivity contribution in [3.05, 3.63) is 5.69 Å². The molecule has 102 valence electrons. The van der Waals surface area contributed by atoms with Crippen molar-refractivity contribution in [2.45, 2.75) is 32.4 Å². The Morgan fingerprint density at radius 2 is 2.39 bits per heavy atom. The molecule has 6 heteroatoms. The Hall–Kier alpha value is -1.27. The molecule has 1 fully saturated rings.